The first-order chi connectivity index (χ1) is 11.6. The predicted octanol–water partition coefficient (Wildman–Crippen LogP) is 5.30. The molecule has 1 heterocycles. The zero-order valence-electron chi connectivity index (χ0n) is 13.2. The Labute approximate surface area is 148 Å². The molecule has 1 amide bonds. The number of rotatable bonds is 4. The number of halogens is 1. The number of benzene rings is 2. The van der Waals surface area contributed by atoms with Crippen molar-refractivity contribution in [2.75, 3.05) is 11.6 Å². The molecule has 0 fully saturated rings. The average molecular weight is 358 g/mol. The van der Waals surface area contributed by atoms with Crippen molar-refractivity contribution in [1.82, 2.24) is 4.98 Å². The van der Waals surface area contributed by atoms with E-state index in [0.717, 1.165) is 32.4 Å². The van der Waals surface area contributed by atoms with Crippen LogP contribution in [0.3, 0.4) is 0 Å². The monoisotopic (exact) mass is 358 g/mol. The Morgan fingerprint density at radius 2 is 2.04 bits per heavy atom. The third-order valence-corrected chi connectivity index (χ3v) is 5.07. The molecule has 1 N–H and O–H groups in total. The van der Waals surface area contributed by atoms with Crippen LogP contribution in [0, 0.1) is 5.82 Å². The summed E-state index contributed by atoms with van der Waals surface area (Å²) >= 11 is 3.04. The Morgan fingerprint density at radius 1 is 1.21 bits per heavy atom. The van der Waals surface area contributed by atoms with Crippen molar-refractivity contribution in [3.05, 3.63) is 53.7 Å². The number of hydrogen-bond acceptors (Lipinski definition) is 4. The Bertz CT molecular complexity index is 892. The fourth-order valence-corrected chi connectivity index (χ4v) is 3.68. The maximum atomic E-state index is 13.4. The highest BCUT2D eigenvalue weighted by Gasteiger charge is 2.10. The molecule has 24 heavy (non-hydrogen) atoms. The lowest BCUT2D eigenvalue weighted by molar-refractivity contribution is -0.114. The van der Waals surface area contributed by atoms with Gasteiger partial charge in [0.2, 0.25) is 5.91 Å². The van der Waals surface area contributed by atoms with Crippen LogP contribution in [0.15, 0.2) is 52.7 Å². The van der Waals surface area contributed by atoms with Gasteiger partial charge in [0.1, 0.15) is 10.8 Å². The fraction of sp³-hybridized carbons (Fsp3) is 0.111. The van der Waals surface area contributed by atoms with Crippen LogP contribution in [0.2, 0.25) is 0 Å². The lowest BCUT2D eigenvalue weighted by Crippen LogP contribution is -2.06. The molecular formula is C18H15FN2OS2. The molecule has 122 valence electrons. The topological polar surface area (TPSA) is 42.0 Å². The molecule has 0 unspecified atom stereocenters. The number of carbonyl (C=O) groups excluding carboxylic acids is 1. The largest absolute Gasteiger partial charge is 0.325 e. The summed E-state index contributed by atoms with van der Waals surface area (Å²) < 4.78 is 13.4. The van der Waals surface area contributed by atoms with E-state index in [4.69, 9.17) is 0 Å². The van der Waals surface area contributed by atoms with Crippen molar-refractivity contribution >= 4 is 34.7 Å². The van der Waals surface area contributed by atoms with Gasteiger partial charge in [-0.2, -0.15) is 0 Å². The molecule has 0 aliphatic carbocycles. The standard InChI is InChI=1S/C18H15FN2OS2/c1-11(22)20-15-9-12(6-7-17(15)23-2)16-10-24-18(21-16)13-4-3-5-14(19)8-13/h3-10H,1-2H3,(H,20,22). The summed E-state index contributed by atoms with van der Waals surface area (Å²) in [6, 6.07) is 12.3. The molecule has 0 atom stereocenters. The van der Waals surface area contributed by atoms with Crippen molar-refractivity contribution < 1.29 is 9.18 Å². The number of amides is 1. The van der Waals surface area contributed by atoms with Gasteiger partial charge in [0.25, 0.3) is 0 Å². The van der Waals surface area contributed by atoms with Crippen LogP contribution in [0.1, 0.15) is 6.92 Å². The van der Waals surface area contributed by atoms with Crippen LogP contribution in [0.4, 0.5) is 10.1 Å². The van der Waals surface area contributed by atoms with Gasteiger partial charge >= 0.3 is 0 Å². The second-order valence-electron chi connectivity index (χ2n) is 5.14. The van der Waals surface area contributed by atoms with E-state index in [1.165, 1.54) is 30.4 Å². The highest BCUT2D eigenvalue weighted by Crippen LogP contribution is 2.33. The lowest BCUT2D eigenvalue weighted by Gasteiger charge is -2.09. The summed E-state index contributed by atoms with van der Waals surface area (Å²) in [5, 5.41) is 5.55. The van der Waals surface area contributed by atoms with Crippen LogP contribution < -0.4 is 5.32 Å². The van der Waals surface area contributed by atoms with E-state index in [1.54, 1.807) is 17.8 Å². The van der Waals surface area contributed by atoms with Crippen molar-refractivity contribution in [3.63, 3.8) is 0 Å². The maximum Gasteiger partial charge on any atom is 0.221 e. The first kappa shape index (κ1) is 16.7. The van der Waals surface area contributed by atoms with Crippen LogP contribution in [-0.4, -0.2) is 17.1 Å². The minimum atomic E-state index is -0.276. The third-order valence-electron chi connectivity index (χ3n) is 3.38. The summed E-state index contributed by atoms with van der Waals surface area (Å²) in [5.74, 6) is -0.386. The second-order valence-corrected chi connectivity index (χ2v) is 6.85. The molecule has 0 aliphatic heterocycles. The summed E-state index contributed by atoms with van der Waals surface area (Å²) in [6.45, 7) is 1.49. The zero-order chi connectivity index (χ0) is 17.1. The number of thioether (sulfide) groups is 1. The van der Waals surface area contributed by atoms with Crippen molar-refractivity contribution in [2.45, 2.75) is 11.8 Å². The van der Waals surface area contributed by atoms with Gasteiger partial charge in [-0.25, -0.2) is 9.37 Å². The van der Waals surface area contributed by atoms with E-state index >= 15 is 0 Å². The maximum absolute atomic E-state index is 13.4. The van der Waals surface area contributed by atoms with Crippen LogP contribution >= 0.6 is 23.1 Å². The summed E-state index contributed by atoms with van der Waals surface area (Å²) in [5.41, 5.74) is 3.25. The van der Waals surface area contributed by atoms with Crippen LogP contribution in [0.25, 0.3) is 21.8 Å². The quantitative estimate of drug-likeness (QED) is 0.644. The number of aromatic nitrogens is 1. The SMILES string of the molecule is CSc1ccc(-c2csc(-c3cccc(F)c3)n2)cc1NC(C)=O. The Kier molecular flexibility index (Phi) is 4.97. The van der Waals surface area contributed by atoms with E-state index < -0.39 is 0 Å². The van der Waals surface area contributed by atoms with Gasteiger partial charge in [-0.15, -0.1) is 23.1 Å². The van der Waals surface area contributed by atoms with Crippen LogP contribution in [0.5, 0.6) is 0 Å². The third kappa shape index (κ3) is 3.66. The molecule has 1 aromatic heterocycles. The normalized spacial score (nSPS) is 10.6. The van der Waals surface area contributed by atoms with Gasteiger partial charge in [0.05, 0.1) is 11.4 Å². The molecule has 0 radical (unpaired) electrons. The van der Waals surface area contributed by atoms with E-state index in [2.05, 4.69) is 10.3 Å². The molecule has 0 saturated heterocycles. The number of thiazole rings is 1. The molecule has 6 heteroatoms. The molecule has 3 rings (SSSR count). The van der Waals surface area contributed by atoms with Gasteiger partial charge in [-0.1, -0.05) is 18.2 Å². The van der Waals surface area contributed by atoms with Crippen molar-refractivity contribution in [3.8, 4) is 21.8 Å². The Hall–Kier alpha value is -2.18. The molecule has 0 aliphatic rings. The highest BCUT2D eigenvalue weighted by molar-refractivity contribution is 7.98. The minimum absolute atomic E-state index is 0.110. The van der Waals surface area contributed by atoms with Gasteiger partial charge in [-0.05, 0) is 30.5 Å². The van der Waals surface area contributed by atoms with Gasteiger partial charge in [0, 0.05) is 28.3 Å². The second kappa shape index (κ2) is 7.15. The fourth-order valence-electron chi connectivity index (χ4n) is 2.32. The average Bonchev–Trinajstić information content (AvgIpc) is 3.04. The Balaban J connectivity index is 1.96. The summed E-state index contributed by atoms with van der Waals surface area (Å²) in [4.78, 5) is 17.0. The summed E-state index contributed by atoms with van der Waals surface area (Å²) in [7, 11) is 0. The van der Waals surface area contributed by atoms with Gasteiger partial charge in [0.15, 0.2) is 0 Å². The van der Waals surface area contributed by atoms with E-state index in [-0.39, 0.29) is 11.7 Å². The van der Waals surface area contributed by atoms with Crippen molar-refractivity contribution in [1.29, 1.82) is 0 Å². The zero-order valence-corrected chi connectivity index (χ0v) is 14.8. The molecular weight excluding hydrogens is 343 g/mol. The van der Waals surface area contributed by atoms with Gasteiger partial charge in [-0.3, -0.25) is 4.79 Å². The molecule has 0 spiro atoms. The number of anilines is 1. The van der Waals surface area contributed by atoms with Crippen molar-refractivity contribution in [2.24, 2.45) is 0 Å². The van der Waals surface area contributed by atoms with Crippen LogP contribution in [-0.2, 0) is 4.79 Å². The molecule has 3 aromatic rings. The molecule has 0 saturated carbocycles. The number of nitrogens with zero attached hydrogens (tertiary/aromatic N) is 1. The smallest absolute Gasteiger partial charge is 0.221 e. The first-order valence-corrected chi connectivity index (χ1v) is 9.34. The Morgan fingerprint density at radius 3 is 2.75 bits per heavy atom. The number of nitrogens with one attached hydrogen (secondary N) is 1. The lowest BCUT2D eigenvalue weighted by atomic mass is 10.1. The molecule has 0 bridgehead atoms. The predicted molar refractivity (Wildman–Crippen MR) is 99.0 cm³/mol. The summed E-state index contributed by atoms with van der Waals surface area (Å²) in [6.07, 6.45) is 1.96. The first-order valence-electron chi connectivity index (χ1n) is 7.24. The number of carbonyl (C=O) groups is 1. The molecule has 2 aromatic carbocycles. The number of hydrogen-bond donors (Lipinski definition) is 1. The van der Waals surface area contributed by atoms with E-state index in [0.29, 0.717) is 0 Å². The van der Waals surface area contributed by atoms with E-state index in [9.17, 15) is 9.18 Å². The minimum Gasteiger partial charge on any atom is -0.325 e. The molecule has 3 nitrogen and oxygen atoms in total. The highest BCUT2D eigenvalue weighted by atomic mass is 32.2. The van der Waals surface area contributed by atoms with Gasteiger partial charge < -0.3 is 5.32 Å². The van der Waals surface area contributed by atoms with E-state index in [1.807, 2.05) is 35.9 Å².